The summed E-state index contributed by atoms with van der Waals surface area (Å²) in [6, 6.07) is 16.7. The summed E-state index contributed by atoms with van der Waals surface area (Å²) in [7, 11) is 0. The topological polar surface area (TPSA) is 32.3 Å². The van der Waals surface area contributed by atoms with Gasteiger partial charge in [-0.15, -0.1) is 0 Å². The number of benzene rings is 2. The minimum atomic E-state index is 0.0473. The van der Waals surface area contributed by atoms with Crippen LogP contribution in [0.5, 0.6) is 0 Å². The summed E-state index contributed by atoms with van der Waals surface area (Å²) in [6.45, 7) is 2.89. The van der Waals surface area contributed by atoms with E-state index >= 15 is 0 Å². The Hall–Kier alpha value is -2.29. The second-order valence-corrected chi connectivity index (χ2v) is 5.33. The van der Waals surface area contributed by atoms with E-state index in [1.807, 2.05) is 19.1 Å². The molecule has 2 aromatic rings. The number of nitrogens with zero attached hydrogens (tertiary/aromatic N) is 1. The smallest absolute Gasteiger partial charge is 0.224 e. The van der Waals surface area contributed by atoms with Gasteiger partial charge in [0.25, 0.3) is 0 Å². The Kier molecular flexibility index (Phi) is 3.91. The van der Waals surface area contributed by atoms with E-state index in [4.69, 9.17) is 0 Å². The van der Waals surface area contributed by atoms with Crippen molar-refractivity contribution in [1.82, 2.24) is 0 Å². The van der Waals surface area contributed by atoms with Crippen LogP contribution in [0.2, 0.25) is 0 Å². The SMILES string of the molecule is CCC(=O)Nc1ccc(N2CCCc3ccccc32)cc1. The molecule has 0 unspecified atom stereocenters. The molecule has 21 heavy (non-hydrogen) atoms. The number of para-hydroxylation sites is 1. The van der Waals surface area contributed by atoms with E-state index in [1.165, 1.54) is 23.4 Å². The molecule has 1 aliphatic rings. The molecular formula is C18H20N2O. The molecule has 0 saturated heterocycles. The molecule has 0 aliphatic carbocycles. The Labute approximate surface area is 125 Å². The molecule has 0 saturated carbocycles. The quantitative estimate of drug-likeness (QED) is 0.917. The summed E-state index contributed by atoms with van der Waals surface area (Å²) in [5, 5.41) is 2.88. The summed E-state index contributed by atoms with van der Waals surface area (Å²) in [5.41, 5.74) is 4.74. The monoisotopic (exact) mass is 280 g/mol. The van der Waals surface area contributed by atoms with Crippen molar-refractivity contribution < 1.29 is 4.79 Å². The number of hydrogen-bond donors (Lipinski definition) is 1. The highest BCUT2D eigenvalue weighted by atomic mass is 16.1. The zero-order valence-corrected chi connectivity index (χ0v) is 12.3. The largest absolute Gasteiger partial charge is 0.341 e. The molecule has 0 bridgehead atoms. The van der Waals surface area contributed by atoms with E-state index < -0.39 is 0 Å². The predicted molar refractivity (Wildman–Crippen MR) is 87.1 cm³/mol. The fraction of sp³-hybridized carbons (Fsp3) is 0.278. The Bertz CT molecular complexity index is 634. The summed E-state index contributed by atoms with van der Waals surface area (Å²) >= 11 is 0. The van der Waals surface area contributed by atoms with Crippen LogP contribution >= 0.6 is 0 Å². The van der Waals surface area contributed by atoms with E-state index in [1.54, 1.807) is 0 Å². The van der Waals surface area contributed by atoms with Crippen LogP contribution in [-0.2, 0) is 11.2 Å². The molecule has 1 amide bonds. The van der Waals surface area contributed by atoms with Crippen LogP contribution in [-0.4, -0.2) is 12.5 Å². The third-order valence-electron chi connectivity index (χ3n) is 3.89. The lowest BCUT2D eigenvalue weighted by Crippen LogP contribution is -2.24. The number of rotatable bonds is 3. The number of amides is 1. The molecule has 3 nitrogen and oxygen atoms in total. The van der Waals surface area contributed by atoms with Gasteiger partial charge in [0.05, 0.1) is 0 Å². The van der Waals surface area contributed by atoms with Crippen LogP contribution in [0, 0.1) is 0 Å². The highest BCUT2D eigenvalue weighted by Crippen LogP contribution is 2.33. The molecule has 0 aromatic heterocycles. The van der Waals surface area contributed by atoms with Crippen molar-refractivity contribution in [2.24, 2.45) is 0 Å². The Morgan fingerprint density at radius 3 is 2.67 bits per heavy atom. The summed E-state index contributed by atoms with van der Waals surface area (Å²) < 4.78 is 0. The number of carbonyl (C=O) groups excluding carboxylic acids is 1. The first-order chi connectivity index (χ1) is 10.3. The predicted octanol–water partition coefficient (Wildman–Crippen LogP) is 4.12. The molecule has 0 atom stereocenters. The van der Waals surface area contributed by atoms with Crippen molar-refractivity contribution in [3.8, 4) is 0 Å². The fourth-order valence-electron chi connectivity index (χ4n) is 2.78. The second-order valence-electron chi connectivity index (χ2n) is 5.33. The first-order valence-electron chi connectivity index (χ1n) is 7.53. The van der Waals surface area contributed by atoms with Gasteiger partial charge in [0.1, 0.15) is 0 Å². The van der Waals surface area contributed by atoms with E-state index in [0.717, 1.165) is 18.7 Å². The molecule has 1 heterocycles. The Morgan fingerprint density at radius 2 is 1.90 bits per heavy atom. The van der Waals surface area contributed by atoms with Crippen molar-refractivity contribution >= 4 is 23.0 Å². The van der Waals surface area contributed by atoms with Crippen LogP contribution in [0.15, 0.2) is 48.5 Å². The number of anilines is 3. The van der Waals surface area contributed by atoms with Gasteiger partial charge in [0.2, 0.25) is 5.91 Å². The zero-order valence-electron chi connectivity index (χ0n) is 12.3. The Balaban J connectivity index is 1.83. The molecule has 0 radical (unpaired) electrons. The van der Waals surface area contributed by atoms with Gasteiger partial charge in [-0.1, -0.05) is 25.1 Å². The van der Waals surface area contributed by atoms with Crippen molar-refractivity contribution in [2.45, 2.75) is 26.2 Å². The lowest BCUT2D eigenvalue weighted by atomic mass is 10.0. The minimum Gasteiger partial charge on any atom is -0.341 e. The van der Waals surface area contributed by atoms with Gasteiger partial charge in [0, 0.05) is 30.0 Å². The number of hydrogen-bond acceptors (Lipinski definition) is 2. The maximum absolute atomic E-state index is 11.4. The number of aryl methyl sites for hydroxylation is 1. The summed E-state index contributed by atoms with van der Waals surface area (Å²) in [4.78, 5) is 13.8. The van der Waals surface area contributed by atoms with Gasteiger partial charge in [-0.3, -0.25) is 4.79 Å². The highest BCUT2D eigenvalue weighted by Gasteiger charge is 2.17. The van der Waals surface area contributed by atoms with Gasteiger partial charge < -0.3 is 10.2 Å². The molecule has 2 aromatic carbocycles. The second kappa shape index (κ2) is 6.00. The average molecular weight is 280 g/mol. The van der Waals surface area contributed by atoms with Gasteiger partial charge >= 0.3 is 0 Å². The van der Waals surface area contributed by atoms with Crippen LogP contribution < -0.4 is 10.2 Å². The van der Waals surface area contributed by atoms with Crippen molar-refractivity contribution in [2.75, 3.05) is 16.8 Å². The Morgan fingerprint density at radius 1 is 1.14 bits per heavy atom. The molecule has 0 fully saturated rings. The van der Waals surface area contributed by atoms with E-state index in [-0.39, 0.29) is 5.91 Å². The number of nitrogens with one attached hydrogen (secondary N) is 1. The van der Waals surface area contributed by atoms with Gasteiger partial charge in [-0.05, 0) is 48.7 Å². The van der Waals surface area contributed by atoms with Gasteiger partial charge in [-0.2, -0.15) is 0 Å². The maximum atomic E-state index is 11.4. The summed E-state index contributed by atoms with van der Waals surface area (Å²) in [5.74, 6) is 0.0473. The number of carbonyl (C=O) groups is 1. The molecule has 1 aliphatic heterocycles. The van der Waals surface area contributed by atoms with E-state index in [2.05, 4.69) is 46.6 Å². The summed E-state index contributed by atoms with van der Waals surface area (Å²) in [6.07, 6.45) is 2.82. The minimum absolute atomic E-state index is 0.0473. The normalized spacial score (nSPS) is 13.7. The van der Waals surface area contributed by atoms with E-state index in [9.17, 15) is 4.79 Å². The van der Waals surface area contributed by atoms with E-state index in [0.29, 0.717) is 6.42 Å². The van der Waals surface area contributed by atoms with Crippen LogP contribution in [0.1, 0.15) is 25.3 Å². The molecule has 3 heteroatoms. The third kappa shape index (κ3) is 2.92. The van der Waals surface area contributed by atoms with Crippen LogP contribution in [0.25, 0.3) is 0 Å². The third-order valence-corrected chi connectivity index (χ3v) is 3.89. The van der Waals surface area contributed by atoms with Gasteiger partial charge in [-0.25, -0.2) is 0 Å². The molecular weight excluding hydrogens is 260 g/mol. The molecule has 108 valence electrons. The fourth-order valence-corrected chi connectivity index (χ4v) is 2.78. The lowest BCUT2D eigenvalue weighted by Gasteiger charge is -2.31. The maximum Gasteiger partial charge on any atom is 0.224 e. The van der Waals surface area contributed by atoms with Crippen molar-refractivity contribution in [3.63, 3.8) is 0 Å². The number of fused-ring (bicyclic) bond motifs is 1. The first kappa shape index (κ1) is 13.7. The zero-order chi connectivity index (χ0) is 14.7. The van der Waals surface area contributed by atoms with Gasteiger partial charge in [0.15, 0.2) is 0 Å². The first-order valence-corrected chi connectivity index (χ1v) is 7.53. The molecule has 1 N–H and O–H groups in total. The standard InChI is InChI=1S/C18H20N2O/c1-2-18(21)19-15-9-11-16(12-10-15)20-13-5-7-14-6-3-4-8-17(14)20/h3-4,6,8-12H,2,5,7,13H2,1H3,(H,19,21). The van der Waals surface area contributed by atoms with Crippen LogP contribution in [0.3, 0.4) is 0 Å². The van der Waals surface area contributed by atoms with Crippen molar-refractivity contribution in [3.05, 3.63) is 54.1 Å². The molecule has 3 rings (SSSR count). The average Bonchev–Trinajstić information content (AvgIpc) is 2.55. The lowest BCUT2D eigenvalue weighted by molar-refractivity contribution is -0.115. The van der Waals surface area contributed by atoms with Crippen LogP contribution in [0.4, 0.5) is 17.1 Å². The van der Waals surface area contributed by atoms with Crippen molar-refractivity contribution in [1.29, 1.82) is 0 Å². The molecule has 0 spiro atoms. The highest BCUT2D eigenvalue weighted by molar-refractivity contribution is 5.90.